The minimum absolute atomic E-state index is 0.0993. The van der Waals surface area contributed by atoms with Crippen molar-refractivity contribution < 1.29 is 9.53 Å². The van der Waals surface area contributed by atoms with Gasteiger partial charge in [-0.25, -0.2) is 5.84 Å². The number of hydrogen-bond acceptors (Lipinski definition) is 4. The first kappa shape index (κ1) is 8.83. The van der Waals surface area contributed by atoms with Crippen molar-refractivity contribution in [2.75, 3.05) is 19.0 Å². The summed E-state index contributed by atoms with van der Waals surface area (Å²) in [4.78, 5) is 10.6. The van der Waals surface area contributed by atoms with Crippen LogP contribution in [0.4, 0.5) is 0 Å². The fourth-order valence-corrected chi connectivity index (χ4v) is 1.72. The number of hydrogen-bond donors (Lipinski definition) is 2. The molecule has 0 atom stereocenters. The van der Waals surface area contributed by atoms with Crippen LogP contribution < -0.4 is 11.3 Å². The summed E-state index contributed by atoms with van der Waals surface area (Å²) in [5, 5.41) is 0.598. The van der Waals surface area contributed by atoms with Crippen molar-refractivity contribution in [2.24, 2.45) is 5.84 Å². The number of nitrogens with two attached hydrogens (primary N) is 1. The van der Waals surface area contributed by atoms with Gasteiger partial charge in [-0.05, 0) is 0 Å². The van der Waals surface area contributed by atoms with Crippen LogP contribution in [0, 0.1) is 0 Å². The Hall–Kier alpha value is -0.260. The molecule has 0 aromatic carbocycles. The highest BCUT2D eigenvalue weighted by Gasteiger charge is 2.18. The highest BCUT2D eigenvalue weighted by molar-refractivity contribution is 8.00. The summed E-state index contributed by atoms with van der Waals surface area (Å²) in [6.07, 6.45) is 0.498. The molecule has 11 heavy (non-hydrogen) atoms. The lowest BCUT2D eigenvalue weighted by Gasteiger charge is -2.24. The van der Waals surface area contributed by atoms with E-state index in [1.165, 1.54) is 0 Å². The van der Waals surface area contributed by atoms with Crippen LogP contribution in [0.1, 0.15) is 6.42 Å². The molecule has 64 valence electrons. The van der Waals surface area contributed by atoms with Crippen LogP contribution in [0.2, 0.25) is 0 Å². The first-order valence-electron chi connectivity index (χ1n) is 3.51. The van der Waals surface area contributed by atoms with E-state index in [-0.39, 0.29) is 5.91 Å². The zero-order valence-electron chi connectivity index (χ0n) is 6.21. The number of rotatable bonds is 4. The van der Waals surface area contributed by atoms with Crippen molar-refractivity contribution in [1.82, 2.24) is 5.43 Å². The number of carbonyl (C=O) groups is 1. The molecule has 1 saturated heterocycles. The third-order valence-electron chi connectivity index (χ3n) is 1.45. The molecule has 0 aliphatic carbocycles. The van der Waals surface area contributed by atoms with Gasteiger partial charge < -0.3 is 4.74 Å². The zero-order valence-corrected chi connectivity index (χ0v) is 7.02. The topological polar surface area (TPSA) is 64.3 Å². The lowest BCUT2D eigenvalue weighted by Crippen LogP contribution is -2.32. The molecule has 0 bridgehead atoms. The summed E-state index contributed by atoms with van der Waals surface area (Å²) < 4.78 is 4.97. The highest BCUT2D eigenvalue weighted by Crippen LogP contribution is 2.19. The van der Waals surface area contributed by atoms with E-state index in [1.54, 1.807) is 11.8 Å². The summed E-state index contributed by atoms with van der Waals surface area (Å²) >= 11 is 1.77. The van der Waals surface area contributed by atoms with Gasteiger partial charge in [0.05, 0.1) is 18.5 Å². The summed E-state index contributed by atoms with van der Waals surface area (Å²) in [5.41, 5.74) is 2.09. The second-order valence-corrected chi connectivity index (χ2v) is 3.76. The molecule has 0 aromatic heterocycles. The highest BCUT2D eigenvalue weighted by atomic mass is 32.2. The van der Waals surface area contributed by atoms with E-state index in [2.05, 4.69) is 5.43 Å². The smallest absolute Gasteiger partial charge is 0.234 e. The Bertz CT molecular complexity index is 139. The van der Waals surface area contributed by atoms with E-state index in [0.717, 1.165) is 19.0 Å². The number of thioether (sulfide) groups is 1. The Morgan fingerprint density at radius 3 is 2.91 bits per heavy atom. The van der Waals surface area contributed by atoms with Crippen LogP contribution in [0.5, 0.6) is 0 Å². The molecule has 0 aromatic rings. The van der Waals surface area contributed by atoms with Crippen LogP contribution >= 0.6 is 11.8 Å². The number of ether oxygens (including phenoxy) is 1. The average Bonchev–Trinajstić information content (AvgIpc) is 1.94. The quantitative estimate of drug-likeness (QED) is 0.344. The molecular weight excluding hydrogens is 164 g/mol. The maximum Gasteiger partial charge on any atom is 0.234 e. The van der Waals surface area contributed by atoms with Gasteiger partial charge in [0.15, 0.2) is 0 Å². The van der Waals surface area contributed by atoms with Crippen molar-refractivity contribution in [2.45, 2.75) is 11.7 Å². The summed E-state index contributed by atoms with van der Waals surface area (Å²) in [5.74, 6) is 5.63. The fourth-order valence-electron chi connectivity index (χ4n) is 0.701. The molecule has 1 rings (SSSR count). The molecule has 1 fully saturated rings. The molecule has 4 nitrogen and oxygen atoms in total. The summed E-state index contributed by atoms with van der Waals surface area (Å²) in [6, 6.07) is 0. The van der Waals surface area contributed by atoms with Crippen LogP contribution in [0.25, 0.3) is 0 Å². The van der Waals surface area contributed by atoms with Gasteiger partial charge in [0.25, 0.3) is 0 Å². The minimum Gasteiger partial charge on any atom is -0.379 e. The summed E-state index contributed by atoms with van der Waals surface area (Å²) in [6.45, 7) is 1.66. The van der Waals surface area contributed by atoms with Gasteiger partial charge in [0.1, 0.15) is 0 Å². The van der Waals surface area contributed by atoms with Crippen LogP contribution in [-0.4, -0.2) is 30.1 Å². The fraction of sp³-hybridized carbons (Fsp3) is 0.833. The van der Waals surface area contributed by atoms with Crippen molar-refractivity contribution in [3.05, 3.63) is 0 Å². The molecule has 0 spiro atoms. The molecule has 3 N–H and O–H groups in total. The van der Waals surface area contributed by atoms with E-state index in [0.29, 0.717) is 11.7 Å². The van der Waals surface area contributed by atoms with Crippen LogP contribution in [0.3, 0.4) is 0 Å². The number of carbonyl (C=O) groups excluding carboxylic acids is 1. The van der Waals surface area contributed by atoms with Crippen LogP contribution in [-0.2, 0) is 9.53 Å². The molecule has 5 heteroatoms. The van der Waals surface area contributed by atoms with E-state index in [9.17, 15) is 4.79 Å². The maximum atomic E-state index is 10.6. The predicted molar refractivity (Wildman–Crippen MR) is 44.0 cm³/mol. The minimum atomic E-state index is -0.0993. The van der Waals surface area contributed by atoms with Gasteiger partial charge in [0.2, 0.25) is 5.91 Å². The van der Waals surface area contributed by atoms with E-state index < -0.39 is 0 Å². The third kappa shape index (κ3) is 3.09. The lowest BCUT2D eigenvalue weighted by molar-refractivity contribution is -0.120. The lowest BCUT2D eigenvalue weighted by atomic mass is 10.4. The second-order valence-electron chi connectivity index (χ2n) is 2.35. The molecule has 0 radical (unpaired) electrons. The normalized spacial score (nSPS) is 17.5. The standard InChI is InChI=1S/C6H12N2O2S/c7-8-6(9)1-2-11-5-3-10-4-5/h5H,1-4,7H2,(H,8,9). The van der Waals surface area contributed by atoms with Crippen molar-refractivity contribution >= 4 is 17.7 Å². The summed E-state index contributed by atoms with van der Waals surface area (Å²) in [7, 11) is 0. The molecule has 1 amide bonds. The Labute approximate surface area is 69.8 Å². The first-order valence-corrected chi connectivity index (χ1v) is 4.56. The Balaban J connectivity index is 1.90. The van der Waals surface area contributed by atoms with Gasteiger partial charge in [-0.1, -0.05) is 0 Å². The van der Waals surface area contributed by atoms with Crippen molar-refractivity contribution in [3.63, 3.8) is 0 Å². The molecule has 0 unspecified atom stereocenters. The Kier molecular flexibility index (Phi) is 3.68. The number of hydrazine groups is 1. The van der Waals surface area contributed by atoms with Gasteiger partial charge >= 0.3 is 0 Å². The molecule has 1 heterocycles. The van der Waals surface area contributed by atoms with E-state index in [4.69, 9.17) is 10.6 Å². The van der Waals surface area contributed by atoms with E-state index >= 15 is 0 Å². The molecule has 1 aliphatic heterocycles. The Morgan fingerprint density at radius 2 is 2.45 bits per heavy atom. The number of amides is 1. The first-order chi connectivity index (χ1) is 5.33. The van der Waals surface area contributed by atoms with E-state index in [1.807, 2.05) is 0 Å². The average molecular weight is 176 g/mol. The van der Waals surface area contributed by atoms with Gasteiger partial charge in [-0.2, -0.15) is 11.8 Å². The zero-order chi connectivity index (χ0) is 8.10. The molecular formula is C6H12N2O2S. The van der Waals surface area contributed by atoms with Gasteiger partial charge in [-0.3, -0.25) is 10.2 Å². The maximum absolute atomic E-state index is 10.6. The number of nitrogens with one attached hydrogen (secondary N) is 1. The SMILES string of the molecule is NNC(=O)CCSC1COC1. The van der Waals surface area contributed by atoms with Crippen LogP contribution in [0.15, 0.2) is 0 Å². The molecule has 1 aliphatic rings. The van der Waals surface area contributed by atoms with Gasteiger partial charge in [0, 0.05) is 12.2 Å². The van der Waals surface area contributed by atoms with Crippen molar-refractivity contribution in [3.8, 4) is 0 Å². The van der Waals surface area contributed by atoms with Crippen molar-refractivity contribution in [1.29, 1.82) is 0 Å². The Morgan fingerprint density at radius 1 is 1.73 bits per heavy atom. The van der Waals surface area contributed by atoms with Gasteiger partial charge in [-0.15, -0.1) is 0 Å². The monoisotopic (exact) mass is 176 g/mol. The molecule has 0 saturated carbocycles. The second kappa shape index (κ2) is 4.58. The predicted octanol–water partition coefficient (Wildman–Crippen LogP) is -0.502. The third-order valence-corrected chi connectivity index (χ3v) is 2.63. The largest absolute Gasteiger partial charge is 0.379 e.